The van der Waals surface area contributed by atoms with E-state index in [1.165, 1.54) is 11.1 Å². The molecule has 0 spiro atoms. The molecule has 0 N–H and O–H groups in total. The Morgan fingerprint density at radius 2 is 1.33 bits per heavy atom. The van der Waals surface area contributed by atoms with Gasteiger partial charge in [0.2, 0.25) is 0 Å². The van der Waals surface area contributed by atoms with E-state index in [1.54, 1.807) is 11.8 Å². The molecule has 0 heterocycles. The lowest BCUT2D eigenvalue weighted by atomic mass is 9.91. The first kappa shape index (κ1) is 22.8. The summed E-state index contributed by atoms with van der Waals surface area (Å²) in [6.45, 7) is 4.04. The van der Waals surface area contributed by atoms with Gasteiger partial charge < -0.3 is 4.79 Å². The molecule has 0 saturated heterocycles. The van der Waals surface area contributed by atoms with Crippen LogP contribution in [0.4, 0.5) is 0 Å². The summed E-state index contributed by atoms with van der Waals surface area (Å²) < 4.78 is 0. The third-order valence-electron chi connectivity index (χ3n) is 5.92. The third-order valence-corrected chi connectivity index (χ3v) is 6.93. The van der Waals surface area contributed by atoms with Crippen molar-refractivity contribution in [3.05, 3.63) is 130 Å². The van der Waals surface area contributed by atoms with Crippen molar-refractivity contribution in [1.29, 1.82) is 0 Å². The Labute approximate surface area is 199 Å². The van der Waals surface area contributed by atoms with Gasteiger partial charge in [-0.1, -0.05) is 72.4 Å². The highest BCUT2D eigenvalue weighted by atomic mass is 32.2. The van der Waals surface area contributed by atoms with Crippen LogP contribution in [0.15, 0.2) is 107 Å². The van der Waals surface area contributed by atoms with Gasteiger partial charge in [-0.05, 0) is 78.9 Å². The maximum atomic E-state index is 12.8. The second kappa shape index (κ2) is 10.5. The summed E-state index contributed by atoms with van der Waals surface area (Å²) in [4.78, 5) is 26.7. The minimum atomic E-state index is -0.156. The van der Waals surface area contributed by atoms with Crippen LogP contribution in [0.5, 0.6) is 0 Å². The smallest absolute Gasteiger partial charge is 0.193 e. The molecule has 1 atom stereocenters. The standard InChI is InChI=1S/C30H26O2S/c1-21-7-3-5-9-25(21)19-26(20-31)23-11-15-27(16-12-23)33-28-17-13-24(14-18-28)30(32)29-10-6-4-8-22(29)2/h3-18,20,26H,19H2,1-2H3. The summed E-state index contributed by atoms with van der Waals surface area (Å²) in [6.07, 6.45) is 1.75. The van der Waals surface area contributed by atoms with Gasteiger partial charge in [0.25, 0.3) is 0 Å². The average molecular weight is 451 g/mol. The van der Waals surface area contributed by atoms with E-state index in [-0.39, 0.29) is 11.7 Å². The second-order valence-electron chi connectivity index (χ2n) is 8.21. The van der Waals surface area contributed by atoms with Crippen molar-refractivity contribution in [2.24, 2.45) is 0 Å². The highest BCUT2D eigenvalue weighted by molar-refractivity contribution is 7.99. The molecule has 0 aliphatic carbocycles. The lowest BCUT2D eigenvalue weighted by Gasteiger charge is -2.13. The Hall–Kier alpha value is -3.43. The Bertz CT molecular complexity index is 1260. The molecule has 2 nitrogen and oxygen atoms in total. The molecule has 0 fully saturated rings. The Balaban J connectivity index is 1.43. The zero-order valence-electron chi connectivity index (χ0n) is 18.8. The van der Waals surface area contributed by atoms with Crippen molar-refractivity contribution >= 4 is 23.8 Å². The number of aryl methyl sites for hydroxylation is 2. The number of benzene rings is 4. The van der Waals surface area contributed by atoms with Gasteiger partial charge in [0, 0.05) is 26.8 Å². The predicted octanol–water partition coefficient (Wildman–Crippen LogP) is 7.21. The molecule has 0 aliphatic rings. The van der Waals surface area contributed by atoms with E-state index in [9.17, 15) is 9.59 Å². The van der Waals surface area contributed by atoms with E-state index in [2.05, 4.69) is 31.2 Å². The fourth-order valence-electron chi connectivity index (χ4n) is 3.90. The fraction of sp³-hybridized carbons (Fsp3) is 0.133. The molecule has 4 rings (SSSR count). The van der Waals surface area contributed by atoms with Gasteiger partial charge in [-0.25, -0.2) is 0 Å². The van der Waals surface area contributed by atoms with Gasteiger partial charge in [-0.15, -0.1) is 0 Å². The number of aldehydes is 1. The Morgan fingerprint density at radius 3 is 1.94 bits per heavy atom. The van der Waals surface area contributed by atoms with Gasteiger partial charge in [0.1, 0.15) is 6.29 Å². The van der Waals surface area contributed by atoms with Crippen molar-refractivity contribution < 1.29 is 9.59 Å². The molecular weight excluding hydrogens is 424 g/mol. The number of ketones is 1. The second-order valence-corrected chi connectivity index (χ2v) is 9.36. The summed E-state index contributed by atoms with van der Waals surface area (Å²) >= 11 is 1.64. The van der Waals surface area contributed by atoms with Gasteiger partial charge in [0.05, 0.1) is 0 Å². The largest absolute Gasteiger partial charge is 0.303 e. The SMILES string of the molecule is Cc1ccccc1CC(C=O)c1ccc(Sc2ccc(C(=O)c3ccccc3C)cc2)cc1. The fourth-order valence-corrected chi connectivity index (χ4v) is 4.71. The Kier molecular flexibility index (Phi) is 7.21. The Morgan fingerprint density at radius 1 is 0.758 bits per heavy atom. The average Bonchev–Trinajstić information content (AvgIpc) is 2.84. The van der Waals surface area contributed by atoms with E-state index in [0.717, 1.165) is 32.8 Å². The van der Waals surface area contributed by atoms with E-state index in [1.807, 2.05) is 79.7 Å². The first-order valence-corrected chi connectivity index (χ1v) is 11.8. The molecule has 0 saturated carbocycles. The van der Waals surface area contributed by atoms with Crippen LogP contribution >= 0.6 is 11.8 Å². The number of hydrogen-bond acceptors (Lipinski definition) is 3. The predicted molar refractivity (Wildman–Crippen MR) is 135 cm³/mol. The highest BCUT2D eigenvalue weighted by Crippen LogP contribution is 2.30. The number of carbonyl (C=O) groups excluding carboxylic acids is 2. The normalized spacial score (nSPS) is 11.7. The molecule has 164 valence electrons. The van der Waals surface area contributed by atoms with Crippen LogP contribution in [0.25, 0.3) is 0 Å². The van der Waals surface area contributed by atoms with Gasteiger partial charge in [0.15, 0.2) is 5.78 Å². The third kappa shape index (κ3) is 5.50. The van der Waals surface area contributed by atoms with Crippen molar-refractivity contribution in [2.75, 3.05) is 0 Å². The minimum absolute atomic E-state index is 0.0440. The molecular formula is C30H26O2S. The molecule has 0 aromatic heterocycles. The van der Waals surface area contributed by atoms with Gasteiger partial charge in [-0.2, -0.15) is 0 Å². The topological polar surface area (TPSA) is 34.1 Å². The zero-order valence-corrected chi connectivity index (χ0v) is 19.6. The maximum Gasteiger partial charge on any atom is 0.193 e. The van der Waals surface area contributed by atoms with Crippen LogP contribution in [-0.2, 0) is 11.2 Å². The summed E-state index contributed by atoms with van der Waals surface area (Å²) in [5.41, 5.74) is 5.85. The number of carbonyl (C=O) groups is 2. The van der Waals surface area contributed by atoms with Crippen LogP contribution in [0, 0.1) is 13.8 Å². The highest BCUT2D eigenvalue weighted by Gasteiger charge is 2.14. The quantitative estimate of drug-likeness (QED) is 0.210. The van der Waals surface area contributed by atoms with Crippen molar-refractivity contribution in [1.82, 2.24) is 0 Å². The molecule has 33 heavy (non-hydrogen) atoms. The summed E-state index contributed by atoms with van der Waals surface area (Å²) in [5, 5.41) is 0. The van der Waals surface area contributed by atoms with Gasteiger partial charge in [-0.3, -0.25) is 4.79 Å². The molecule has 0 bridgehead atoms. The first-order valence-electron chi connectivity index (χ1n) is 11.0. The molecule has 0 amide bonds. The van der Waals surface area contributed by atoms with Crippen LogP contribution in [0.3, 0.4) is 0 Å². The van der Waals surface area contributed by atoms with E-state index < -0.39 is 0 Å². The lowest BCUT2D eigenvalue weighted by molar-refractivity contribution is -0.109. The summed E-state index contributed by atoms with van der Waals surface area (Å²) in [5.74, 6) is -0.112. The van der Waals surface area contributed by atoms with E-state index in [0.29, 0.717) is 12.0 Å². The van der Waals surface area contributed by atoms with Crippen molar-refractivity contribution in [3.8, 4) is 0 Å². The first-order chi connectivity index (χ1) is 16.0. The maximum absolute atomic E-state index is 12.8. The monoisotopic (exact) mass is 450 g/mol. The van der Waals surface area contributed by atoms with Crippen LogP contribution in [0.2, 0.25) is 0 Å². The molecule has 4 aromatic rings. The molecule has 0 aliphatic heterocycles. The molecule has 4 aromatic carbocycles. The summed E-state index contributed by atoms with van der Waals surface area (Å²) in [7, 11) is 0. The van der Waals surface area contributed by atoms with Crippen molar-refractivity contribution in [3.63, 3.8) is 0 Å². The number of rotatable bonds is 8. The summed E-state index contributed by atoms with van der Waals surface area (Å²) in [6, 6.07) is 31.8. The number of hydrogen-bond donors (Lipinski definition) is 0. The lowest BCUT2D eigenvalue weighted by Crippen LogP contribution is -2.05. The molecule has 3 heteroatoms. The molecule has 0 radical (unpaired) electrons. The van der Waals surface area contributed by atoms with Crippen LogP contribution < -0.4 is 0 Å². The van der Waals surface area contributed by atoms with Gasteiger partial charge >= 0.3 is 0 Å². The zero-order chi connectivity index (χ0) is 23.2. The van der Waals surface area contributed by atoms with Crippen LogP contribution in [-0.4, -0.2) is 12.1 Å². The van der Waals surface area contributed by atoms with E-state index >= 15 is 0 Å². The minimum Gasteiger partial charge on any atom is -0.303 e. The van der Waals surface area contributed by atoms with Crippen molar-refractivity contribution in [2.45, 2.75) is 36.0 Å². The van der Waals surface area contributed by atoms with E-state index in [4.69, 9.17) is 0 Å². The van der Waals surface area contributed by atoms with Crippen LogP contribution in [0.1, 0.15) is 44.1 Å². The molecule has 1 unspecified atom stereocenters.